The molecule has 2 rings (SSSR count). The molecule has 20 heavy (non-hydrogen) atoms. The number of nitrogens with zero attached hydrogens (tertiary/aromatic N) is 1. The number of oxazole rings is 1. The molecule has 0 fully saturated rings. The van der Waals surface area contributed by atoms with Crippen molar-refractivity contribution in [2.75, 3.05) is 12.4 Å². The Labute approximate surface area is 121 Å². The maximum atomic E-state index is 11.9. The van der Waals surface area contributed by atoms with Gasteiger partial charge in [-0.3, -0.25) is 4.79 Å². The molecular formula is C14H15ClN2O3. The van der Waals surface area contributed by atoms with Crippen molar-refractivity contribution in [3.05, 3.63) is 40.6 Å². The van der Waals surface area contributed by atoms with Gasteiger partial charge in [-0.2, -0.15) is 0 Å². The first-order valence-corrected chi connectivity index (χ1v) is 6.43. The molecule has 1 N–H and O–H groups in total. The number of aromatic nitrogens is 1. The minimum absolute atomic E-state index is 0.135. The summed E-state index contributed by atoms with van der Waals surface area (Å²) in [6.07, 6.45) is 0.135. The van der Waals surface area contributed by atoms with Gasteiger partial charge in [0.1, 0.15) is 11.5 Å². The summed E-state index contributed by atoms with van der Waals surface area (Å²) in [6.45, 7) is 3.56. The molecule has 0 aliphatic carbocycles. The summed E-state index contributed by atoms with van der Waals surface area (Å²) in [5.41, 5.74) is 1.33. The Balaban J connectivity index is 2.04. The number of benzene rings is 1. The molecule has 0 saturated carbocycles. The van der Waals surface area contributed by atoms with Crippen molar-refractivity contribution < 1.29 is 13.9 Å². The lowest BCUT2D eigenvalue weighted by Crippen LogP contribution is -2.14. The normalized spacial score (nSPS) is 10.4. The van der Waals surface area contributed by atoms with Crippen molar-refractivity contribution in [1.29, 1.82) is 0 Å². The van der Waals surface area contributed by atoms with Crippen molar-refractivity contribution in [3.8, 4) is 5.75 Å². The fraction of sp³-hybridized carbons (Fsp3) is 0.286. The standard InChI is InChI=1S/C14H15ClN2O3/c1-8-13(20-9(2)16-8)7-14(18)17-10-4-5-12(19-3)11(15)6-10/h4-6H,7H2,1-3H3,(H,17,18). The number of nitrogens with one attached hydrogen (secondary N) is 1. The second-order valence-corrected chi connectivity index (χ2v) is 4.72. The van der Waals surface area contributed by atoms with Gasteiger partial charge in [-0.15, -0.1) is 0 Å². The monoisotopic (exact) mass is 294 g/mol. The van der Waals surface area contributed by atoms with Gasteiger partial charge in [0, 0.05) is 12.6 Å². The molecule has 0 saturated heterocycles. The zero-order valence-electron chi connectivity index (χ0n) is 11.5. The number of halogens is 1. The number of hydrogen-bond acceptors (Lipinski definition) is 4. The van der Waals surface area contributed by atoms with Crippen LogP contribution in [0.1, 0.15) is 17.3 Å². The van der Waals surface area contributed by atoms with Crippen molar-refractivity contribution >= 4 is 23.2 Å². The van der Waals surface area contributed by atoms with Gasteiger partial charge in [-0.05, 0) is 25.1 Å². The average molecular weight is 295 g/mol. The Morgan fingerprint density at radius 2 is 2.20 bits per heavy atom. The molecule has 6 heteroatoms. The van der Waals surface area contributed by atoms with E-state index in [1.54, 1.807) is 25.1 Å². The van der Waals surface area contributed by atoms with Gasteiger partial charge in [-0.1, -0.05) is 11.6 Å². The van der Waals surface area contributed by atoms with Crippen LogP contribution in [0.2, 0.25) is 5.02 Å². The Hall–Kier alpha value is -2.01. The highest BCUT2D eigenvalue weighted by molar-refractivity contribution is 6.32. The molecule has 1 amide bonds. The lowest BCUT2D eigenvalue weighted by molar-refractivity contribution is -0.115. The van der Waals surface area contributed by atoms with E-state index in [1.807, 2.05) is 6.92 Å². The second kappa shape index (κ2) is 5.96. The van der Waals surface area contributed by atoms with E-state index in [2.05, 4.69) is 10.3 Å². The van der Waals surface area contributed by atoms with Gasteiger partial charge < -0.3 is 14.5 Å². The number of methoxy groups -OCH3 is 1. The Kier molecular flexibility index (Phi) is 4.29. The first-order valence-electron chi connectivity index (χ1n) is 6.06. The summed E-state index contributed by atoms with van der Waals surface area (Å²) < 4.78 is 10.4. The molecule has 0 radical (unpaired) electrons. The minimum atomic E-state index is -0.189. The van der Waals surface area contributed by atoms with Crippen LogP contribution in [-0.4, -0.2) is 18.0 Å². The van der Waals surface area contributed by atoms with Crippen LogP contribution in [0.25, 0.3) is 0 Å². The molecule has 0 spiro atoms. The third kappa shape index (κ3) is 3.30. The molecule has 0 aliphatic rings. The highest BCUT2D eigenvalue weighted by atomic mass is 35.5. The molecule has 0 unspecified atom stereocenters. The van der Waals surface area contributed by atoms with Crippen LogP contribution in [0.5, 0.6) is 5.75 Å². The number of amides is 1. The SMILES string of the molecule is COc1ccc(NC(=O)Cc2oc(C)nc2C)cc1Cl. The van der Waals surface area contributed by atoms with Gasteiger partial charge >= 0.3 is 0 Å². The number of carbonyl (C=O) groups is 1. The Morgan fingerprint density at radius 1 is 1.45 bits per heavy atom. The van der Waals surface area contributed by atoms with Crippen LogP contribution in [0.4, 0.5) is 5.69 Å². The van der Waals surface area contributed by atoms with E-state index in [-0.39, 0.29) is 12.3 Å². The van der Waals surface area contributed by atoms with Crippen molar-refractivity contribution in [1.82, 2.24) is 4.98 Å². The molecule has 0 aliphatic heterocycles. The Bertz CT molecular complexity index is 637. The third-order valence-electron chi connectivity index (χ3n) is 2.76. The topological polar surface area (TPSA) is 64.4 Å². The van der Waals surface area contributed by atoms with Gasteiger partial charge in [0.05, 0.1) is 24.2 Å². The van der Waals surface area contributed by atoms with Gasteiger partial charge in [0.25, 0.3) is 0 Å². The number of hydrogen-bond donors (Lipinski definition) is 1. The zero-order valence-corrected chi connectivity index (χ0v) is 12.2. The fourth-order valence-corrected chi connectivity index (χ4v) is 2.09. The van der Waals surface area contributed by atoms with E-state index in [0.717, 1.165) is 5.69 Å². The summed E-state index contributed by atoms with van der Waals surface area (Å²) in [7, 11) is 1.54. The lowest BCUT2D eigenvalue weighted by Gasteiger charge is -2.07. The summed E-state index contributed by atoms with van der Waals surface area (Å²) in [5, 5.41) is 3.19. The number of rotatable bonds is 4. The predicted octanol–water partition coefficient (Wildman–Crippen LogP) is 3.13. The minimum Gasteiger partial charge on any atom is -0.495 e. The zero-order chi connectivity index (χ0) is 14.7. The quantitative estimate of drug-likeness (QED) is 0.941. The van der Waals surface area contributed by atoms with E-state index in [0.29, 0.717) is 28.1 Å². The number of aryl methyl sites for hydroxylation is 2. The smallest absolute Gasteiger partial charge is 0.232 e. The molecule has 5 nitrogen and oxygen atoms in total. The molecule has 0 atom stereocenters. The van der Waals surface area contributed by atoms with E-state index in [9.17, 15) is 4.79 Å². The lowest BCUT2D eigenvalue weighted by atomic mass is 10.2. The number of anilines is 1. The Morgan fingerprint density at radius 3 is 2.75 bits per heavy atom. The van der Waals surface area contributed by atoms with Crippen LogP contribution < -0.4 is 10.1 Å². The van der Waals surface area contributed by atoms with Crippen LogP contribution in [0, 0.1) is 13.8 Å². The van der Waals surface area contributed by atoms with Gasteiger partial charge in [-0.25, -0.2) is 4.98 Å². The average Bonchev–Trinajstić information content (AvgIpc) is 2.68. The molecule has 1 aromatic heterocycles. The molecule has 1 heterocycles. The molecule has 1 aromatic carbocycles. The van der Waals surface area contributed by atoms with Crippen LogP contribution in [-0.2, 0) is 11.2 Å². The summed E-state index contributed by atoms with van der Waals surface area (Å²) >= 11 is 6.00. The highest BCUT2D eigenvalue weighted by Crippen LogP contribution is 2.27. The summed E-state index contributed by atoms with van der Waals surface area (Å²) in [6, 6.07) is 5.06. The van der Waals surface area contributed by atoms with Gasteiger partial charge in [0.15, 0.2) is 5.89 Å². The van der Waals surface area contributed by atoms with E-state index >= 15 is 0 Å². The first-order chi connectivity index (χ1) is 9.49. The predicted molar refractivity (Wildman–Crippen MR) is 76.3 cm³/mol. The second-order valence-electron chi connectivity index (χ2n) is 4.32. The summed E-state index contributed by atoms with van der Waals surface area (Å²) in [4.78, 5) is 16.1. The van der Waals surface area contributed by atoms with Crippen LogP contribution in [0.15, 0.2) is 22.6 Å². The fourth-order valence-electron chi connectivity index (χ4n) is 1.83. The summed E-state index contributed by atoms with van der Waals surface area (Å²) in [5.74, 6) is 1.49. The third-order valence-corrected chi connectivity index (χ3v) is 3.05. The van der Waals surface area contributed by atoms with Crippen LogP contribution in [0.3, 0.4) is 0 Å². The van der Waals surface area contributed by atoms with Crippen LogP contribution >= 0.6 is 11.6 Å². The van der Waals surface area contributed by atoms with E-state index in [1.165, 1.54) is 7.11 Å². The largest absolute Gasteiger partial charge is 0.495 e. The van der Waals surface area contributed by atoms with Crippen molar-refractivity contribution in [2.45, 2.75) is 20.3 Å². The molecule has 0 bridgehead atoms. The molecule has 2 aromatic rings. The highest BCUT2D eigenvalue weighted by Gasteiger charge is 2.12. The maximum absolute atomic E-state index is 11.9. The first kappa shape index (κ1) is 14.4. The number of carbonyl (C=O) groups excluding carboxylic acids is 1. The molecular weight excluding hydrogens is 280 g/mol. The van der Waals surface area contributed by atoms with Crippen molar-refractivity contribution in [2.24, 2.45) is 0 Å². The van der Waals surface area contributed by atoms with E-state index in [4.69, 9.17) is 20.8 Å². The van der Waals surface area contributed by atoms with E-state index < -0.39 is 0 Å². The van der Waals surface area contributed by atoms with Crippen molar-refractivity contribution in [3.63, 3.8) is 0 Å². The number of ether oxygens (including phenoxy) is 1. The van der Waals surface area contributed by atoms with Gasteiger partial charge in [0.2, 0.25) is 5.91 Å². The molecule has 106 valence electrons. The maximum Gasteiger partial charge on any atom is 0.232 e.